The second-order valence-corrected chi connectivity index (χ2v) is 7.35. The molecule has 9 heteroatoms. The highest BCUT2D eigenvalue weighted by Gasteiger charge is 2.19. The zero-order valence-electron chi connectivity index (χ0n) is 16.6. The van der Waals surface area contributed by atoms with Gasteiger partial charge in [0, 0.05) is 23.6 Å². The molecule has 3 N–H and O–H groups in total. The van der Waals surface area contributed by atoms with Gasteiger partial charge in [0.05, 0.1) is 18.5 Å². The van der Waals surface area contributed by atoms with Crippen molar-refractivity contribution < 1.29 is 9.13 Å². The molecule has 29 heavy (non-hydrogen) atoms. The van der Waals surface area contributed by atoms with Crippen molar-refractivity contribution in [3.05, 3.63) is 41.2 Å². The lowest BCUT2D eigenvalue weighted by atomic mass is 9.94. The standard InChI is InChI=1S/C20H26FN7O/c1-2-3-10-29-20-26-18(22)19-24-12-15(28(19)27-20)11-14-4-5-16(25-17(14)21)13-6-8-23-9-7-13/h4-5,12-13,23H,2-3,6-11H2,1H3,(H2,22,26,27). The van der Waals surface area contributed by atoms with Gasteiger partial charge in [-0.05, 0) is 38.4 Å². The number of hydrogen-bond donors (Lipinski definition) is 2. The average molecular weight is 399 g/mol. The molecule has 4 heterocycles. The van der Waals surface area contributed by atoms with E-state index in [0.29, 0.717) is 35.9 Å². The number of nitrogen functional groups attached to an aromatic ring is 1. The summed E-state index contributed by atoms with van der Waals surface area (Å²) < 4.78 is 21.9. The number of fused-ring (bicyclic) bond motifs is 1. The van der Waals surface area contributed by atoms with E-state index in [4.69, 9.17) is 10.5 Å². The summed E-state index contributed by atoms with van der Waals surface area (Å²) in [6, 6.07) is 3.94. The maximum atomic E-state index is 14.7. The number of pyridine rings is 1. The Bertz CT molecular complexity index is 984. The Hall–Kier alpha value is -2.81. The molecule has 1 aliphatic heterocycles. The van der Waals surface area contributed by atoms with Gasteiger partial charge < -0.3 is 15.8 Å². The van der Waals surface area contributed by atoms with Crippen LogP contribution < -0.4 is 15.8 Å². The first kappa shape index (κ1) is 19.5. The molecule has 0 aliphatic carbocycles. The first-order valence-electron chi connectivity index (χ1n) is 10.1. The van der Waals surface area contributed by atoms with Gasteiger partial charge in [-0.3, -0.25) is 0 Å². The van der Waals surface area contributed by atoms with Crippen LogP contribution in [-0.2, 0) is 6.42 Å². The highest BCUT2D eigenvalue weighted by atomic mass is 19.1. The lowest BCUT2D eigenvalue weighted by Gasteiger charge is -2.22. The highest BCUT2D eigenvalue weighted by Crippen LogP contribution is 2.25. The number of imidazole rings is 1. The van der Waals surface area contributed by atoms with Gasteiger partial charge in [-0.1, -0.05) is 19.4 Å². The van der Waals surface area contributed by atoms with Crippen molar-refractivity contribution in [3.8, 4) is 6.01 Å². The number of halogens is 1. The molecule has 3 aromatic rings. The zero-order chi connectivity index (χ0) is 20.2. The van der Waals surface area contributed by atoms with Crippen LogP contribution in [0, 0.1) is 5.95 Å². The Balaban J connectivity index is 1.57. The summed E-state index contributed by atoms with van der Waals surface area (Å²) in [5.74, 6) is 0.0981. The van der Waals surface area contributed by atoms with Gasteiger partial charge in [0.2, 0.25) is 5.95 Å². The topological polar surface area (TPSA) is 103 Å². The molecule has 0 amide bonds. The number of piperidine rings is 1. The largest absolute Gasteiger partial charge is 0.462 e. The first-order chi connectivity index (χ1) is 14.2. The van der Waals surface area contributed by atoms with Crippen molar-refractivity contribution in [1.82, 2.24) is 29.9 Å². The van der Waals surface area contributed by atoms with Crippen LogP contribution in [-0.4, -0.2) is 44.3 Å². The molecule has 4 rings (SSSR count). The van der Waals surface area contributed by atoms with Gasteiger partial charge in [0.15, 0.2) is 11.5 Å². The van der Waals surface area contributed by atoms with Crippen LogP contribution in [0.1, 0.15) is 55.5 Å². The fourth-order valence-corrected chi connectivity index (χ4v) is 3.57. The van der Waals surface area contributed by atoms with Gasteiger partial charge in [-0.25, -0.2) is 14.5 Å². The summed E-state index contributed by atoms with van der Waals surface area (Å²) in [6.45, 7) is 4.49. The minimum absolute atomic E-state index is 0.197. The van der Waals surface area contributed by atoms with E-state index in [1.165, 1.54) is 0 Å². The molecule has 0 bridgehead atoms. The molecular weight excluding hydrogens is 373 g/mol. The predicted molar refractivity (Wildman–Crippen MR) is 107 cm³/mol. The lowest BCUT2D eigenvalue weighted by Crippen LogP contribution is -2.27. The van der Waals surface area contributed by atoms with E-state index in [1.54, 1.807) is 10.7 Å². The van der Waals surface area contributed by atoms with Gasteiger partial charge >= 0.3 is 6.01 Å². The van der Waals surface area contributed by atoms with E-state index in [1.807, 2.05) is 12.1 Å². The zero-order valence-corrected chi connectivity index (χ0v) is 16.6. The van der Waals surface area contributed by atoms with E-state index >= 15 is 0 Å². The van der Waals surface area contributed by atoms with E-state index < -0.39 is 5.95 Å². The quantitative estimate of drug-likeness (QED) is 0.465. The maximum Gasteiger partial charge on any atom is 0.336 e. The van der Waals surface area contributed by atoms with Crippen LogP contribution >= 0.6 is 0 Å². The number of hydrogen-bond acceptors (Lipinski definition) is 7. The third-order valence-corrected chi connectivity index (χ3v) is 5.24. The van der Waals surface area contributed by atoms with E-state index in [9.17, 15) is 4.39 Å². The van der Waals surface area contributed by atoms with Crippen LogP contribution in [0.5, 0.6) is 6.01 Å². The summed E-state index contributed by atoms with van der Waals surface area (Å²) in [5, 5.41) is 7.69. The third kappa shape index (κ3) is 4.29. The van der Waals surface area contributed by atoms with Crippen molar-refractivity contribution >= 4 is 11.5 Å². The molecule has 0 atom stereocenters. The van der Waals surface area contributed by atoms with Crippen LogP contribution in [0.3, 0.4) is 0 Å². The average Bonchev–Trinajstić information content (AvgIpc) is 3.14. The second kappa shape index (κ2) is 8.69. The van der Waals surface area contributed by atoms with Crippen molar-refractivity contribution in [2.75, 3.05) is 25.4 Å². The number of anilines is 1. The van der Waals surface area contributed by atoms with Crippen molar-refractivity contribution in [2.24, 2.45) is 0 Å². The monoisotopic (exact) mass is 399 g/mol. The molecule has 0 radical (unpaired) electrons. The molecule has 0 saturated carbocycles. The minimum atomic E-state index is -0.447. The SMILES string of the molecule is CCCCOc1nc(N)c2ncc(Cc3ccc(C4CCNCC4)nc3F)n2n1. The second-order valence-electron chi connectivity index (χ2n) is 7.35. The van der Waals surface area contributed by atoms with E-state index in [-0.39, 0.29) is 11.8 Å². The summed E-state index contributed by atoms with van der Waals surface area (Å²) in [5.41, 5.74) is 8.44. The lowest BCUT2D eigenvalue weighted by molar-refractivity contribution is 0.280. The molecule has 1 aliphatic rings. The first-order valence-corrected chi connectivity index (χ1v) is 10.1. The van der Waals surface area contributed by atoms with Crippen molar-refractivity contribution in [3.63, 3.8) is 0 Å². The molecule has 1 fully saturated rings. The van der Waals surface area contributed by atoms with Gasteiger partial charge in [-0.15, -0.1) is 5.10 Å². The van der Waals surface area contributed by atoms with Crippen molar-refractivity contribution in [2.45, 2.75) is 44.9 Å². The fourth-order valence-electron chi connectivity index (χ4n) is 3.57. The summed E-state index contributed by atoms with van der Waals surface area (Å²) >= 11 is 0. The third-order valence-electron chi connectivity index (χ3n) is 5.24. The molecule has 154 valence electrons. The summed E-state index contributed by atoms with van der Waals surface area (Å²) in [7, 11) is 0. The number of nitrogens with zero attached hydrogens (tertiary/aromatic N) is 5. The number of rotatable bonds is 7. The molecule has 3 aromatic heterocycles. The molecule has 1 saturated heterocycles. The smallest absolute Gasteiger partial charge is 0.336 e. The van der Waals surface area contributed by atoms with Crippen LogP contribution in [0.15, 0.2) is 18.3 Å². The molecule has 8 nitrogen and oxygen atoms in total. The Morgan fingerprint density at radius 1 is 1.28 bits per heavy atom. The Kier molecular flexibility index (Phi) is 5.84. The maximum absolute atomic E-state index is 14.7. The Labute approximate surface area is 168 Å². The number of aromatic nitrogens is 5. The number of nitrogens with one attached hydrogen (secondary N) is 1. The van der Waals surface area contributed by atoms with Crippen LogP contribution in [0.4, 0.5) is 10.2 Å². The minimum Gasteiger partial charge on any atom is -0.462 e. The fraction of sp³-hybridized carbons (Fsp3) is 0.500. The highest BCUT2D eigenvalue weighted by molar-refractivity contribution is 5.59. The molecule has 0 unspecified atom stereocenters. The molecule has 0 spiro atoms. The summed E-state index contributed by atoms with van der Waals surface area (Å²) in [6.07, 6.45) is 5.81. The predicted octanol–water partition coefficient (Wildman–Crippen LogP) is 2.48. The molecule has 0 aromatic carbocycles. The number of unbranched alkanes of at least 4 members (excludes halogenated alkanes) is 1. The number of nitrogens with two attached hydrogens (primary N) is 1. The van der Waals surface area contributed by atoms with E-state index in [0.717, 1.165) is 44.5 Å². The van der Waals surface area contributed by atoms with E-state index in [2.05, 4.69) is 32.3 Å². The van der Waals surface area contributed by atoms with Crippen molar-refractivity contribution in [1.29, 1.82) is 0 Å². The van der Waals surface area contributed by atoms with Gasteiger partial charge in [0.1, 0.15) is 0 Å². The Morgan fingerprint density at radius 3 is 2.86 bits per heavy atom. The van der Waals surface area contributed by atoms with Gasteiger partial charge in [-0.2, -0.15) is 9.37 Å². The Morgan fingerprint density at radius 2 is 2.10 bits per heavy atom. The normalized spacial score (nSPS) is 15.1. The molecular formula is C20H26FN7O. The summed E-state index contributed by atoms with van der Waals surface area (Å²) in [4.78, 5) is 12.7. The van der Waals surface area contributed by atoms with Gasteiger partial charge in [0.25, 0.3) is 0 Å². The number of ether oxygens (including phenoxy) is 1. The van der Waals surface area contributed by atoms with Crippen LogP contribution in [0.2, 0.25) is 0 Å². The van der Waals surface area contributed by atoms with Crippen LogP contribution in [0.25, 0.3) is 5.65 Å².